The molecule has 0 unspecified atom stereocenters. The van der Waals surface area contributed by atoms with E-state index in [4.69, 9.17) is 4.74 Å². The molecule has 1 aromatic carbocycles. The van der Waals surface area contributed by atoms with E-state index in [1.165, 1.54) is 0 Å². The lowest BCUT2D eigenvalue weighted by Gasteiger charge is -2.07. The summed E-state index contributed by atoms with van der Waals surface area (Å²) in [6, 6.07) is 5.84. The molecular weight excluding hydrogens is 232 g/mol. The molecule has 0 aliphatic rings. The van der Waals surface area contributed by atoms with Gasteiger partial charge in [0.15, 0.2) is 0 Å². The third kappa shape index (κ3) is 3.19. The molecule has 13 heavy (non-hydrogen) atoms. The molecule has 0 heterocycles. The average Bonchev–Trinajstić information content (AvgIpc) is 2.11. The molecule has 3 heteroatoms. The van der Waals surface area contributed by atoms with Crippen LogP contribution in [0.25, 0.3) is 0 Å². The molecule has 70 valence electrons. The van der Waals surface area contributed by atoms with E-state index < -0.39 is 0 Å². The maximum Gasteiger partial charge on any atom is 0.123 e. The van der Waals surface area contributed by atoms with Gasteiger partial charge in [0.1, 0.15) is 12.0 Å². The second kappa shape index (κ2) is 5.02. The minimum absolute atomic E-state index is 0.436. The Morgan fingerprint density at radius 2 is 2.31 bits per heavy atom. The molecule has 0 aliphatic heterocycles. The van der Waals surface area contributed by atoms with E-state index in [1.807, 2.05) is 25.1 Å². The van der Waals surface area contributed by atoms with Gasteiger partial charge in [-0.3, -0.25) is 0 Å². The van der Waals surface area contributed by atoms with Crippen LogP contribution in [-0.4, -0.2) is 12.9 Å². The molecule has 0 saturated carbocycles. The molecule has 0 N–H and O–H groups in total. The molecule has 0 aliphatic carbocycles. The van der Waals surface area contributed by atoms with Crippen molar-refractivity contribution in [2.24, 2.45) is 0 Å². The zero-order chi connectivity index (χ0) is 9.68. The lowest BCUT2D eigenvalue weighted by molar-refractivity contribution is -0.108. The van der Waals surface area contributed by atoms with E-state index in [2.05, 4.69) is 15.9 Å². The summed E-state index contributed by atoms with van der Waals surface area (Å²) in [6.45, 7) is 2.42. The van der Waals surface area contributed by atoms with Crippen LogP contribution >= 0.6 is 15.9 Å². The average molecular weight is 243 g/mol. The summed E-state index contributed by atoms with van der Waals surface area (Å²) in [5.41, 5.74) is 1.08. The summed E-state index contributed by atoms with van der Waals surface area (Å²) in [4.78, 5) is 10.1. The quantitative estimate of drug-likeness (QED) is 0.600. The van der Waals surface area contributed by atoms with E-state index in [1.54, 1.807) is 0 Å². The molecule has 0 saturated heterocycles. The van der Waals surface area contributed by atoms with Gasteiger partial charge in [-0.1, -0.05) is 22.0 Å². The van der Waals surface area contributed by atoms with Gasteiger partial charge in [0.25, 0.3) is 0 Å². The maximum atomic E-state index is 10.1. The van der Waals surface area contributed by atoms with Crippen molar-refractivity contribution in [2.75, 3.05) is 6.61 Å². The number of rotatable bonds is 4. The van der Waals surface area contributed by atoms with Gasteiger partial charge in [0, 0.05) is 10.9 Å². The van der Waals surface area contributed by atoms with Crippen LogP contribution in [0.2, 0.25) is 0 Å². The van der Waals surface area contributed by atoms with E-state index in [0.717, 1.165) is 22.1 Å². The van der Waals surface area contributed by atoms with Crippen LogP contribution in [0, 0.1) is 6.92 Å². The highest BCUT2D eigenvalue weighted by Crippen LogP contribution is 2.22. The Bertz CT molecular complexity index is 297. The van der Waals surface area contributed by atoms with Gasteiger partial charge in [-0.25, -0.2) is 0 Å². The minimum Gasteiger partial charge on any atom is -0.493 e. The first kappa shape index (κ1) is 10.3. The first-order chi connectivity index (χ1) is 6.24. The molecular formula is C10H11BrO2. The SMILES string of the molecule is Cc1ccc(Br)cc1OCCC=O. The topological polar surface area (TPSA) is 26.3 Å². The number of carbonyl (C=O) groups excluding carboxylic acids is 1. The summed E-state index contributed by atoms with van der Waals surface area (Å²) >= 11 is 3.36. The third-order valence-corrected chi connectivity index (χ3v) is 2.14. The Labute approximate surface area is 86.0 Å². The fourth-order valence-corrected chi connectivity index (χ4v) is 1.29. The minimum atomic E-state index is 0.436. The third-order valence-electron chi connectivity index (χ3n) is 1.64. The maximum absolute atomic E-state index is 10.1. The summed E-state index contributed by atoms with van der Waals surface area (Å²) in [7, 11) is 0. The van der Waals surface area contributed by atoms with Crippen LogP contribution in [0.4, 0.5) is 0 Å². The van der Waals surface area contributed by atoms with Crippen molar-refractivity contribution in [3.63, 3.8) is 0 Å². The van der Waals surface area contributed by atoms with Gasteiger partial charge >= 0.3 is 0 Å². The van der Waals surface area contributed by atoms with E-state index in [9.17, 15) is 4.79 Å². The molecule has 0 aromatic heterocycles. The molecule has 1 aromatic rings. The number of hydrogen-bond donors (Lipinski definition) is 0. The van der Waals surface area contributed by atoms with E-state index >= 15 is 0 Å². The molecule has 1 rings (SSSR count). The Balaban J connectivity index is 2.64. The highest BCUT2D eigenvalue weighted by Gasteiger charge is 1.99. The van der Waals surface area contributed by atoms with Gasteiger partial charge in [-0.05, 0) is 24.6 Å². The van der Waals surface area contributed by atoms with Crippen molar-refractivity contribution in [1.29, 1.82) is 0 Å². The summed E-state index contributed by atoms with van der Waals surface area (Å²) in [5.74, 6) is 0.830. The fraction of sp³-hybridized carbons (Fsp3) is 0.300. The predicted octanol–water partition coefficient (Wildman–Crippen LogP) is 2.73. The van der Waals surface area contributed by atoms with Crippen LogP contribution in [0.15, 0.2) is 22.7 Å². The second-order valence-corrected chi connectivity index (χ2v) is 3.63. The highest BCUT2D eigenvalue weighted by molar-refractivity contribution is 9.10. The first-order valence-electron chi connectivity index (χ1n) is 4.06. The Kier molecular flexibility index (Phi) is 3.96. The molecule has 0 bridgehead atoms. The van der Waals surface area contributed by atoms with Crippen molar-refractivity contribution in [2.45, 2.75) is 13.3 Å². The van der Waals surface area contributed by atoms with Gasteiger partial charge in [-0.2, -0.15) is 0 Å². The van der Waals surface area contributed by atoms with E-state index in [0.29, 0.717) is 13.0 Å². The van der Waals surface area contributed by atoms with Gasteiger partial charge in [0.05, 0.1) is 6.61 Å². The number of halogens is 1. The monoisotopic (exact) mass is 242 g/mol. The van der Waals surface area contributed by atoms with Crippen LogP contribution in [0.3, 0.4) is 0 Å². The molecule has 0 fully saturated rings. The van der Waals surface area contributed by atoms with E-state index in [-0.39, 0.29) is 0 Å². The molecule has 0 radical (unpaired) electrons. The van der Waals surface area contributed by atoms with Crippen molar-refractivity contribution in [3.8, 4) is 5.75 Å². The van der Waals surface area contributed by atoms with Gasteiger partial charge in [-0.15, -0.1) is 0 Å². The summed E-state index contributed by atoms with van der Waals surface area (Å²) in [6.07, 6.45) is 1.29. The van der Waals surface area contributed by atoms with Crippen molar-refractivity contribution >= 4 is 22.2 Å². The first-order valence-corrected chi connectivity index (χ1v) is 4.86. The Hall–Kier alpha value is -0.830. The molecule has 0 amide bonds. The largest absolute Gasteiger partial charge is 0.493 e. The standard InChI is InChI=1S/C10H11BrO2/c1-8-3-4-9(11)7-10(8)13-6-2-5-12/h3-5,7H,2,6H2,1H3. The van der Waals surface area contributed by atoms with Crippen LogP contribution < -0.4 is 4.74 Å². The number of ether oxygens (including phenoxy) is 1. The smallest absolute Gasteiger partial charge is 0.123 e. The summed E-state index contributed by atoms with van der Waals surface area (Å²) in [5, 5.41) is 0. The molecule has 2 nitrogen and oxygen atoms in total. The lowest BCUT2D eigenvalue weighted by atomic mass is 10.2. The Morgan fingerprint density at radius 1 is 1.54 bits per heavy atom. The predicted molar refractivity (Wildman–Crippen MR) is 55.1 cm³/mol. The number of carbonyl (C=O) groups is 1. The molecule has 0 spiro atoms. The number of aldehydes is 1. The van der Waals surface area contributed by atoms with Crippen molar-refractivity contribution < 1.29 is 9.53 Å². The highest BCUT2D eigenvalue weighted by atomic mass is 79.9. The van der Waals surface area contributed by atoms with Crippen LogP contribution in [0.1, 0.15) is 12.0 Å². The zero-order valence-electron chi connectivity index (χ0n) is 7.42. The summed E-state index contributed by atoms with van der Waals surface area (Å²) < 4.78 is 6.38. The molecule has 0 atom stereocenters. The Morgan fingerprint density at radius 3 is 3.00 bits per heavy atom. The lowest BCUT2D eigenvalue weighted by Crippen LogP contribution is -1.98. The van der Waals surface area contributed by atoms with Crippen LogP contribution in [-0.2, 0) is 4.79 Å². The van der Waals surface area contributed by atoms with Crippen molar-refractivity contribution in [1.82, 2.24) is 0 Å². The normalized spacial score (nSPS) is 9.69. The van der Waals surface area contributed by atoms with Gasteiger partial charge < -0.3 is 9.53 Å². The number of benzene rings is 1. The zero-order valence-corrected chi connectivity index (χ0v) is 9.00. The van der Waals surface area contributed by atoms with Crippen molar-refractivity contribution in [3.05, 3.63) is 28.2 Å². The fourth-order valence-electron chi connectivity index (χ4n) is 0.946. The van der Waals surface area contributed by atoms with Gasteiger partial charge in [0.2, 0.25) is 0 Å². The number of hydrogen-bond acceptors (Lipinski definition) is 2. The van der Waals surface area contributed by atoms with Crippen LogP contribution in [0.5, 0.6) is 5.75 Å². The second-order valence-electron chi connectivity index (χ2n) is 2.71. The number of aryl methyl sites for hydroxylation is 1.